The van der Waals surface area contributed by atoms with Gasteiger partial charge in [0.1, 0.15) is 5.58 Å². The third-order valence-corrected chi connectivity index (χ3v) is 4.44. The molecule has 3 aromatic rings. The number of nitrogens with one attached hydrogen (secondary N) is 2. The minimum Gasteiger partial charge on any atom is -0.451 e. The summed E-state index contributed by atoms with van der Waals surface area (Å²) in [6.07, 6.45) is 1.99. The van der Waals surface area contributed by atoms with Crippen LogP contribution in [0.4, 0.5) is 5.69 Å². The van der Waals surface area contributed by atoms with Crippen molar-refractivity contribution in [2.45, 2.75) is 18.9 Å². The number of carbonyl (C=O) groups excluding carboxylic acids is 2. The van der Waals surface area contributed by atoms with Crippen molar-refractivity contribution >= 4 is 40.1 Å². The van der Waals surface area contributed by atoms with Crippen molar-refractivity contribution in [3.8, 4) is 0 Å². The Bertz CT molecular complexity index is 1120. The van der Waals surface area contributed by atoms with Crippen LogP contribution in [-0.2, 0) is 0 Å². The Morgan fingerprint density at radius 1 is 1.04 bits per heavy atom. The van der Waals surface area contributed by atoms with Crippen molar-refractivity contribution in [3.05, 3.63) is 75.1 Å². The molecule has 6 nitrogen and oxygen atoms in total. The molecular weight excluding hydrogens is 368 g/mol. The first-order valence-corrected chi connectivity index (χ1v) is 8.83. The number of rotatable bonds is 4. The van der Waals surface area contributed by atoms with Gasteiger partial charge in [-0.25, -0.2) is 0 Å². The quantitative estimate of drug-likeness (QED) is 0.721. The Morgan fingerprint density at radius 3 is 2.63 bits per heavy atom. The van der Waals surface area contributed by atoms with Gasteiger partial charge in [-0.3, -0.25) is 14.4 Å². The van der Waals surface area contributed by atoms with Crippen molar-refractivity contribution < 1.29 is 14.0 Å². The van der Waals surface area contributed by atoms with Crippen LogP contribution in [0.15, 0.2) is 57.7 Å². The van der Waals surface area contributed by atoms with Crippen LogP contribution in [0.5, 0.6) is 0 Å². The van der Waals surface area contributed by atoms with Crippen LogP contribution >= 0.6 is 11.6 Å². The van der Waals surface area contributed by atoms with E-state index >= 15 is 0 Å². The number of hydrogen-bond acceptors (Lipinski definition) is 4. The monoisotopic (exact) mass is 382 g/mol. The van der Waals surface area contributed by atoms with E-state index in [0.29, 0.717) is 21.7 Å². The van der Waals surface area contributed by atoms with E-state index in [-0.39, 0.29) is 28.7 Å². The maximum atomic E-state index is 12.5. The van der Waals surface area contributed by atoms with Gasteiger partial charge >= 0.3 is 0 Å². The predicted octanol–water partition coefficient (Wildman–Crippen LogP) is 3.59. The molecule has 136 valence electrons. The molecule has 2 N–H and O–H groups in total. The molecule has 0 spiro atoms. The van der Waals surface area contributed by atoms with Crippen molar-refractivity contribution in [2.24, 2.45) is 0 Å². The lowest BCUT2D eigenvalue weighted by Crippen LogP contribution is -2.25. The highest BCUT2D eigenvalue weighted by Gasteiger charge is 2.24. The lowest BCUT2D eigenvalue weighted by molar-refractivity contribution is 0.0949. The molecule has 0 bridgehead atoms. The number of benzene rings is 2. The van der Waals surface area contributed by atoms with Gasteiger partial charge in [0, 0.05) is 28.4 Å². The SMILES string of the molecule is O=C(NC1CC1)c1cccc(NC(=O)c2cc(=O)c3cc(Cl)ccc3o2)c1. The molecule has 0 atom stereocenters. The van der Waals surface area contributed by atoms with Gasteiger partial charge in [-0.15, -0.1) is 0 Å². The molecule has 0 unspecified atom stereocenters. The summed E-state index contributed by atoms with van der Waals surface area (Å²) in [6, 6.07) is 12.6. The summed E-state index contributed by atoms with van der Waals surface area (Å²) in [6.45, 7) is 0. The minimum atomic E-state index is -0.580. The summed E-state index contributed by atoms with van der Waals surface area (Å²) in [5, 5.41) is 6.25. The Hall–Kier alpha value is -3.12. The van der Waals surface area contributed by atoms with Crippen molar-refractivity contribution in [1.82, 2.24) is 5.32 Å². The first-order valence-electron chi connectivity index (χ1n) is 8.45. The molecular formula is C20H15ClN2O4. The lowest BCUT2D eigenvalue weighted by Gasteiger charge is -2.08. The second-order valence-corrected chi connectivity index (χ2v) is 6.83. The van der Waals surface area contributed by atoms with E-state index in [0.717, 1.165) is 18.9 Å². The van der Waals surface area contributed by atoms with Crippen LogP contribution in [0.25, 0.3) is 11.0 Å². The van der Waals surface area contributed by atoms with Crippen LogP contribution in [0.3, 0.4) is 0 Å². The Balaban J connectivity index is 1.57. The number of anilines is 1. The molecule has 0 radical (unpaired) electrons. The molecule has 1 fully saturated rings. The standard InChI is InChI=1S/C20H15ClN2O4/c21-12-4-7-17-15(9-12)16(24)10-18(27-17)20(26)23-14-3-1-2-11(8-14)19(25)22-13-5-6-13/h1-4,7-10,13H,5-6H2,(H,22,25)(H,23,26). The summed E-state index contributed by atoms with van der Waals surface area (Å²) in [5.74, 6) is -0.880. The second kappa shape index (κ2) is 6.89. The van der Waals surface area contributed by atoms with Gasteiger partial charge in [-0.2, -0.15) is 0 Å². The highest BCUT2D eigenvalue weighted by Crippen LogP contribution is 2.21. The highest BCUT2D eigenvalue weighted by atomic mass is 35.5. The summed E-state index contributed by atoms with van der Waals surface area (Å²) in [7, 11) is 0. The third kappa shape index (κ3) is 3.85. The average Bonchev–Trinajstić information content (AvgIpc) is 3.46. The molecule has 7 heteroatoms. The first-order chi connectivity index (χ1) is 13.0. The van der Waals surface area contributed by atoms with E-state index in [1.807, 2.05) is 0 Å². The molecule has 4 rings (SSSR count). The summed E-state index contributed by atoms with van der Waals surface area (Å²) >= 11 is 5.88. The second-order valence-electron chi connectivity index (χ2n) is 6.40. The Labute approximate surface area is 159 Å². The van der Waals surface area contributed by atoms with Crippen LogP contribution < -0.4 is 16.1 Å². The molecule has 2 aromatic carbocycles. The summed E-state index contributed by atoms with van der Waals surface area (Å²) in [4.78, 5) is 36.8. The van der Waals surface area contributed by atoms with E-state index in [2.05, 4.69) is 10.6 Å². The van der Waals surface area contributed by atoms with E-state index in [9.17, 15) is 14.4 Å². The molecule has 2 amide bonds. The Morgan fingerprint density at radius 2 is 1.85 bits per heavy atom. The van der Waals surface area contributed by atoms with E-state index in [4.69, 9.17) is 16.0 Å². The van der Waals surface area contributed by atoms with Gasteiger partial charge < -0.3 is 15.1 Å². The maximum Gasteiger partial charge on any atom is 0.291 e. The van der Waals surface area contributed by atoms with Crippen molar-refractivity contribution in [2.75, 3.05) is 5.32 Å². The van der Waals surface area contributed by atoms with E-state index in [1.165, 1.54) is 6.07 Å². The fourth-order valence-electron chi connectivity index (χ4n) is 2.67. The highest BCUT2D eigenvalue weighted by molar-refractivity contribution is 6.31. The summed E-state index contributed by atoms with van der Waals surface area (Å²) < 4.78 is 5.52. The normalized spacial score (nSPS) is 13.4. The van der Waals surface area contributed by atoms with Crippen LogP contribution in [0, 0.1) is 0 Å². The van der Waals surface area contributed by atoms with Gasteiger partial charge in [-0.1, -0.05) is 17.7 Å². The fraction of sp³-hybridized carbons (Fsp3) is 0.150. The number of amides is 2. The van der Waals surface area contributed by atoms with Crippen LogP contribution in [-0.4, -0.2) is 17.9 Å². The fourth-order valence-corrected chi connectivity index (χ4v) is 2.84. The third-order valence-electron chi connectivity index (χ3n) is 4.21. The van der Waals surface area contributed by atoms with Crippen LogP contribution in [0.2, 0.25) is 5.02 Å². The zero-order valence-electron chi connectivity index (χ0n) is 14.1. The molecule has 0 aliphatic heterocycles. The molecule has 1 heterocycles. The number of carbonyl (C=O) groups is 2. The number of fused-ring (bicyclic) bond motifs is 1. The van der Waals surface area contributed by atoms with Crippen molar-refractivity contribution in [1.29, 1.82) is 0 Å². The first kappa shape index (κ1) is 17.3. The zero-order valence-corrected chi connectivity index (χ0v) is 14.9. The molecule has 1 aliphatic carbocycles. The number of hydrogen-bond donors (Lipinski definition) is 2. The maximum absolute atomic E-state index is 12.5. The lowest BCUT2D eigenvalue weighted by atomic mass is 10.2. The molecule has 27 heavy (non-hydrogen) atoms. The van der Waals surface area contributed by atoms with E-state index < -0.39 is 5.91 Å². The largest absolute Gasteiger partial charge is 0.451 e. The summed E-state index contributed by atoms with van der Waals surface area (Å²) in [5.41, 5.74) is 0.799. The molecule has 0 saturated heterocycles. The zero-order chi connectivity index (χ0) is 19.0. The molecule has 1 saturated carbocycles. The van der Waals surface area contributed by atoms with Crippen LogP contribution in [0.1, 0.15) is 33.8 Å². The molecule has 1 aromatic heterocycles. The van der Waals surface area contributed by atoms with Gasteiger partial charge in [0.2, 0.25) is 0 Å². The van der Waals surface area contributed by atoms with Crippen molar-refractivity contribution in [3.63, 3.8) is 0 Å². The smallest absolute Gasteiger partial charge is 0.291 e. The molecule has 1 aliphatic rings. The van der Waals surface area contributed by atoms with Gasteiger partial charge in [0.05, 0.1) is 5.39 Å². The Kier molecular flexibility index (Phi) is 4.41. The number of halogens is 1. The predicted molar refractivity (Wildman–Crippen MR) is 102 cm³/mol. The van der Waals surface area contributed by atoms with Gasteiger partial charge in [-0.05, 0) is 49.2 Å². The minimum absolute atomic E-state index is 0.123. The topological polar surface area (TPSA) is 88.4 Å². The van der Waals surface area contributed by atoms with Gasteiger partial charge in [0.15, 0.2) is 11.2 Å². The van der Waals surface area contributed by atoms with E-state index in [1.54, 1.807) is 36.4 Å². The van der Waals surface area contributed by atoms with Gasteiger partial charge in [0.25, 0.3) is 11.8 Å². The average molecular weight is 383 g/mol.